The molecule has 5 rings (SSSR count). The number of rotatable bonds is 8. The lowest BCUT2D eigenvalue weighted by Crippen LogP contribution is -2.50. The molecular weight excluding hydrogens is 588 g/mol. The van der Waals surface area contributed by atoms with Gasteiger partial charge in [0.25, 0.3) is 11.6 Å². The van der Waals surface area contributed by atoms with Crippen molar-refractivity contribution < 1.29 is 24.0 Å². The molecule has 0 unspecified atom stereocenters. The molecule has 3 heterocycles. The van der Waals surface area contributed by atoms with Crippen LogP contribution in [0.4, 0.5) is 10.7 Å². The molecule has 10 nitrogen and oxygen atoms in total. The van der Waals surface area contributed by atoms with Crippen LogP contribution in [0.5, 0.6) is 0 Å². The fourth-order valence-electron chi connectivity index (χ4n) is 4.61. The number of carbonyl (C=O) groups is 3. The number of nitro benzene ring substituents is 1. The Bertz CT molecular complexity index is 1630. The van der Waals surface area contributed by atoms with E-state index in [1.54, 1.807) is 17.9 Å². The number of amides is 2. The van der Waals surface area contributed by atoms with E-state index in [1.165, 1.54) is 23.5 Å². The second kappa shape index (κ2) is 12.4. The van der Waals surface area contributed by atoms with Gasteiger partial charge in [-0.15, -0.1) is 22.7 Å². The van der Waals surface area contributed by atoms with Gasteiger partial charge in [-0.3, -0.25) is 24.6 Å². The van der Waals surface area contributed by atoms with Crippen LogP contribution in [0.1, 0.15) is 27.0 Å². The molecule has 13 heteroatoms. The Morgan fingerprint density at radius 1 is 1.10 bits per heavy atom. The summed E-state index contributed by atoms with van der Waals surface area (Å²) in [5.74, 6) is -1.01. The minimum Gasteiger partial charge on any atom is -0.462 e. The fraction of sp³-hybridized carbons (Fsp3) is 0.250. The van der Waals surface area contributed by atoms with Crippen molar-refractivity contribution in [3.63, 3.8) is 0 Å². The lowest BCUT2D eigenvalue weighted by atomic mass is 10.0. The van der Waals surface area contributed by atoms with Crippen molar-refractivity contribution in [2.45, 2.75) is 6.92 Å². The van der Waals surface area contributed by atoms with Crippen molar-refractivity contribution in [1.29, 1.82) is 0 Å². The third kappa shape index (κ3) is 6.10. The standard InChI is InChI=1S/C28H25ClN4O6S2/c1-2-39-28(36)23-20(17-6-4-3-5-7-17)16-40-26(23)30-22(34)15-31-10-12-32(13-11-31)27(35)25-24(29)19-9-8-18(33(37)38)14-21(19)41-25/h3-9,14,16H,2,10-13,15H2,1H3,(H,30,34). The molecule has 0 atom stereocenters. The predicted octanol–water partition coefficient (Wildman–Crippen LogP) is 5.76. The van der Waals surface area contributed by atoms with Gasteiger partial charge in [-0.05, 0) is 18.6 Å². The minimum atomic E-state index is -0.496. The van der Waals surface area contributed by atoms with Crippen molar-refractivity contribution in [2.24, 2.45) is 0 Å². The van der Waals surface area contributed by atoms with Gasteiger partial charge in [-0.1, -0.05) is 41.9 Å². The van der Waals surface area contributed by atoms with Gasteiger partial charge < -0.3 is 15.0 Å². The van der Waals surface area contributed by atoms with Crippen molar-refractivity contribution in [3.05, 3.63) is 79.5 Å². The van der Waals surface area contributed by atoms with Gasteiger partial charge in [0.2, 0.25) is 5.91 Å². The highest BCUT2D eigenvalue weighted by atomic mass is 35.5. The quantitative estimate of drug-likeness (QED) is 0.152. The second-order valence-electron chi connectivity index (χ2n) is 9.24. The summed E-state index contributed by atoms with van der Waals surface area (Å²) in [5.41, 5.74) is 1.82. The highest BCUT2D eigenvalue weighted by Crippen LogP contribution is 2.38. The Kier molecular flexibility index (Phi) is 8.64. The van der Waals surface area contributed by atoms with E-state index >= 15 is 0 Å². The average Bonchev–Trinajstić information content (AvgIpc) is 3.54. The Hall–Kier alpha value is -3.84. The van der Waals surface area contributed by atoms with E-state index in [2.05, 4.69) is 5.32 Å². The SMILES string of the molecule is CCOC(=O)c1c(-c2ccccc2)csc1NC(=O)CN1CCN(C(=O)c2sc3cc([N+](=O)[O-])ccc3c2Cl)CC1. The molecule has 1 saturated heterocycles. The number of nitrogens with one attached hydrogen (secondary N) is 1. The number of halogens is 1. The van der Waals surface area contributed by atoms with Crippen LogP contribution in [0.25, 0.3) is 21.2 Å². The number of ether oxygens (including phenoxy) is 1. The zero-order chi connectivity index (χ0) is 29.1. The molecule has 0 radical (unpaired) electrons. The number of hydrogen-bond donors (Lipinski definition) is 1. The maximum atomic E-state index is 13.2. The molecule has 2 aromatic heterocycles. The lowest BCUT2D eigenvalue weighted by molar-refractivity contribution is -0.384. The molecule has 212 valence electrons. The largest absolute Gasteiger partial charge is 0.462 e. The first-order chi connectivity index (χ1) is 19.8. The van der Waals surface area contributed by atoms with Crippen LogP contribution in [0.3, 0.4) is 0 Å². The first kappa shape index (κ1) is 28.7. The van der Waals surface area contributed by atoms with E-state index in [9.17, 15) is 24.5 Å². The van der Waals surface area contributed by atoms with Gasteiger partial charge in [0.1, 0.15) is 15.4 Å². The number of carbonyl (C=O) groups excluding carboxylic acids is 3. The third-order valence-electron chi connectivity index (χ3n) is 6.65. The Labute approximate surface area is 248 Å². The van der Waals surface area contributed by atoms with E-state index in [0.29, 0.717) is 57.3 Å². The number of non-ortho nitro benzene ring substituents is 1. The Morgan fingerprint density at radius 3 is 2.51 bits per heavy atom. The van der Waals surface area contributed by atoms with Crippen LogP contribution in [-0.4, -0.2) is 71.8 Å². The summed E-state index contributed by atoms with van der Waals surface area (Å²) in [7, 11) is 0. The lowest BCUT2D eigenvalue weighted by Gasteiger charge is -2.34. The van der Waals surface area contributed by atoms with Crippen molar-refractivity contribution in [3.8, 4) is 11.1 Å². The number of benzene rings is 2. The highest BCUT2D eigenvalue weighted by Gasteiger charge is 2.28. The van der Waals surface area contributed by atoms with Crippen molar-refractivity contribution in [1.82, 2.24) is 9.80 Å². The molecule has 2 aromatic carbocycles. The summed E-state index contributed by atoms with van der Waals surface area (Å²) in [4.78, 5) is 53.6. The summed E-state index contributed by atoms with van der Waals surface area (Å²) < 4.78 is 5.84. The highest BCUT2D eigenvalue weighted by molar-refractivity contribution is 7.21. The molecule has 2 amide bonds. The third-order valence-corrected chi connectivity index (χ3v) is 9.19. The average molecular weight is 613 g/mol. The molecule has 0 spiro atoms. The topological polar surface area (TPSA) is 122 Å². The number of hydrogen-bond acceptors (Lipinski definition) is 9. The van der Waals surface area contributed by atoms with Crippen molar-refractivity contribution >= 4 is 72.8 Å². The maximum Gasteiger partial charge on any atom is 0.341 e. The molecule has 4 aromatic rings. The molecule has 1 aliphatic heterocycles. The molecule has 1 N–H and O–H groups in total. The van der Waals surface area contributed by atoms with Crippen LogP contribution in [0.15, 0.2) is 53.9 Å². The van der Waals surface area contributed by atoms with E-state index in [-0.39, 0.29) is 35.7 Å². The molecule has 1 aliphatic rings. The van der Waals surface area contributed by atoms with E-state index in [4.69, 9.17) is 16.3 Å². The van der Waals surface area contributed by atoms with Crippen LogP contribution >= 0.6 is 34.3 Å². The molecule has 0 saturated carbocycles. The summed E-state index contributed by atoms with van der Waals surface area (Å²) in [6, 6.07) is 13.8. The number of anilines is 1. The van der Waals surface area contributed by atoms with Gasteiger partial charge in [-0.25, -0.2) is 4.79 Å². The smallest absolute Gasteiger partial charge is 0.341 e. The van der Waals surface area contributed by atoms with Crippen LogP contribution < -0.4 is 5.32 Å². The Morgan fingerprint density at radius 2 is 1.83 bits per heavy atom. The number of piperazine rings is 1. The summed E-state index contributed by atoms with van der Waals surface area (Å²) >= 11 is 8.88. The number of esters is 1. The zero-order valence-electron chi connectivity index (χ0n) is 21.9. The summed E-state index contributed by atoms with van der Waals surface area (Å²) in [6.07, 6.45) is 0. The number of nitro groups is 1. The van der Waals surface area contributed by atoms with Crippen LogP contribution in [-0.2, 0) is 9.53 Å². The molecule has 0 bridgehead atoms. The first-order valence-corrected chi connectivity index (χ1v) is 14.9. The second-order valence-corrected chi connectivity index (χ2v) is 11.5. The zero-order valence-corrected chi connectivity index (χ0v) is 24.3. The van der Waals surface area contributed by atoms with Gasteiger partial charge in [-0.2, -0.15) is 0 Å². The normalized spacial score (nSPS) is 13.8. The summed E-state index contributed by atoms with van der Waals surface area (Å²) in [6.45, 7) is 3.76. The Balaban J connectivity index is 1.22. The summed E-state index contributed by atoms with van der Waals surface area (Å²) in [5, 5.41) is 17.1. The van der Waals surface area contributed by atoms with Crippen molar-refractivity contribution in [2.75, 3.05) is 44.6 Å². The number of fused-ring (bicyclic) bond motifs is 1. The van der Waals surface area contributed by atoms with E-state index in [1.807, 2.05) is 40.6 Å². The van der Waals surface area contributed by atoms with Crippen LogP contribution in [0, 0.1) is 10.1 Å². The molecule has 0 aliphatic carbocycles. The maximum absolute atomic E-state index is 13.2. The van der Waals surface area contributed by atoms with Crippen LogP contribution in [0.2, 0.25) is 5.02 Å². The van der Waals surface area contributed by atoms with Gasteiger partial charge >= 0.3 is 5.97 Å². The number of thiophene rings is 2. The van der Waals surface area contributed by atoms with E-state index < -0.39 is 10.9 Å². The number of nitrogens with zero attached hydrogens (tertiary/aromatic N) is 3. The van der Waals surface area contributed by atoms with E-state index in [0.717, 1.165) is 16.9 Å². The first-order valence-electron chi connectivity index (χ1n) is 12.8. The molecule has 1 fully saturated rings. The minimum absolute atomic E-state index is 0.0606. The van der Waals surface area contributed by atoms with Gasteiger partial charge in [0.05, 0.1) is 23.1 Å². The monoisotopic (exact) mass is 612 g/mol. The molecular formula is C28H25ClN4O6S2. The predicted molar refractivity (Wildman–Crippen MR) is 160 cm³/mol. The van der Waals surface area contributed by atoms with Gasteiger partial charge in [0.15, 0.2) is 0 Å². The van der Waals surface area contributed by atoms with Gasteiger partial charge in [0, 0.05) is 59.3 Å². The molecule has 41 heavy (non-hydrogen) atoms. The fourth-order valence-corrected chi connectivity index (χ4v) is 7.10.